The average Bonchev–Trinajstić information content (AvgIpc) is 2.39. The van der Waals surface area contributed by atoms with Crippen LogP contribution in [0.2, 0.25) is 0 Å². The number of methoxy groups -OCH3 is 1. The van der Waals surface area contributed by atoms with E-state index < -0.39 is 0 Å². The molecule has 5 heteroatoms. The van der Waals surface area contributed by atoms with E-state index in [-0.39, 0.29) is 25.5 Å². The number of carbonyl (C=O) groups excluding carboxylic acids is 1. The molecule has 0 atom stereocenters. The first-order valence-corrected chi connectivity index (χ1v) is 5.88. The zero-order chi connectivity index (χ0) is 13.4. The number of rotatable bonds is 7. The largest absolute Gasteiger partial charge is 0.497 e. The van der Waals surface area contributed by atoms with Crippen LogP contribution in [0.25, 0.3) is 0 Å². The van der Waals surface area contributed by atoms with Gasteiger partial charge in [-0.3, -0.25) is 4.79 Å². The molecule has 0 saturated carbocycles. The fraction of sp³-hybridized carbons (Fsp3) is 0.462. The van der Waals surface area contributed by atoms with E-state index in [0.29, 0.717) is 23.6 Å². The second-order valence-electron chi connectivity index (χ2n) is 3.68. The highest BCUT2D eigenvalue weighted by Gasteiger charge is 2.06. The van der Waals surface area contributed by atoms with Crippen molar-refractivity contribution in [1.82, 2.24) is 5.32 Å². The zero-order valence-corrected chi connectivity index (χ0v) is 10.7. The maximum atomic E-state index is 11.2. The smallest absolute Gasteiger partial charge is 0.223 e. The summed E-state index contributed by atoms with van der Waals surface area (Å²) in [6, 6.07) is 5.19. The van der Waals surface area contributed by atoms with Crippen molar-refractivity contribution in [3.05, 3.63) is 23.8 Å². The lowest BCUT2D eigenvalue weighted by Crippen LogP contribution is -2.24. The number of ether oxygens (including phenoxy) is 2. The number of aliphatic hydroxyl groups is 1. The van der Waals surface area contributed by atoms with Gasteiger partial charge in [0.05, 0.1) is 26.7 Å². The van der Waals surface area contributed by atoms with Crippen LogP contribution in [0.4, 0.5) is 0 Å². The summed E-state index contributed by atoms with van der Waals surface area (Å²) in [5.74, 6) is 1.15. The maximum Gasteiger partial charge on any atom is 0.223 e. The molecule has 0 aliphatic carbocycles. The van der Waals surface area contributed by atoms with E-state index in [2.05, 4.69) is 5.32 Å². The van der Waals surface area contributed by atoms with Crippen molar-refractivity contribution >= 4 is 5.91 Å². The molecule has 0 fully saturated rings. The minimum absolute atomic E-state index is 0.0501. The summed E-state index contributed by atoms with van der Waals surface area (Å²) in [5.41, 5.74) is 0.673. The van der Waals surface area contributed by atoms with E-state index in [1.807, 2.05) is 6.92 Å². The molecule has 0 aliphatic heterocycles. The Morgan fingerprint density at radius 1 is 1.44 bits per heavy atom. The molecule has 0 spiro atoms. The highest BCUT2D eigenvalue weighted by atomic mass is 16.5. The Hall–Kier alpha value is -1.75. The van der Waals surface area contributed by atoms with Crippen LogP contribution in [0.1, 0.15) is 18.9 Å². The Morgan fingerprint density at radius 2 is 2.22 bits per heavy atom. The van der Waals surface area contributed by atoms with Gasteiger partial charge in [-0.1, -0.05) is 0 Å². The molecule has 0 aliphatic rings. The molecule has 0 radical (unpaired) electrons. The lowest BCUT2D eigenvalue weighted by atomic mass is 10.2. The SMILES string of the molecule is CCNC(=O)CCOc1cc(OC)ccc1CO. The number of carbonyl (C=O) groups is 1. The lowest BCUT2D eigenvalue weighted by Gasteiger charge is -2.11. The molecular formula is C13H19NO4. The topological polar surface area (TPSA) is 67.8 Å². The minimum Gasteiger partial charge on any atom is -0.497 e. The van der Waals surface area contributed by atoms with Crippen LogP contribution in [0.15, 0.2) is 18.2 Å². The maximum absolute atomic E-state index is 11.2. The molecule has 0 bridgehead atoms. The molecule has 1 aromatic carbocycles. The van der Waals surface area contributed by atoms with Crippen LogP contribution < -0.4 is 14.8 Å². The van der Waals surface area contributed by atoms with Gasteiger partial charge in [0, 0.05) is 18.2 Å². The van der Waals surface area contributed by atoms with Gasteiger partial charge in [-0.2, -0.15) is 0 Å². The van der Waals surface area contributed by atoms with E-state index in [0.717, 1.165) is 0 Å². The summed E-state index contributed by atoms with van der Waals surface area (Å²) in [7, 11) is 1.56. The molecule has 1 aromatic rings. The summed E-state index contributed by atoms with van der Waals surface area (Å²) < 4.78 is 10.6. The number of hydrogen-bond acceptors (Lipinski definition) is 4. The molecule has 0 aromatic heterocycles. The standard InChI is InChI=1S/C13H19NO4/c1-3-14-13(16)6-7-18-12-8-11(17-2)5-4-10(12)9-15/h4-5,8,15H,3,6-7,9H2,1-2H3,(H,14,16). The fourth-order valence-corrected chi connectivity index (χ4v) is 1.47. The Balaban J connectivity index is 2.57. The van der Waals surface area contributed by atoms with Crippen LogP contribution in [0.5, 0.6) is 11.5 Å². The molecule has 0 heterocycles. The van der Waals surface area contributed by atoms with Crippen molar-refractivity contribution in [1.29, 1.82) is 0 Å². The predicted molar refractivity (Wildman–Crippen MR) is 67.7 cm³/mol. The van der Waals surface area contributed by atoms with Crippen molar-refractivity contribution in [2.45, 2.75) is 20.0 Å². The minimum atomic E-state index is -0.111. The van der Waals surface area contributed by atoms with Crippen LogP contribution in [0.3, 0.4) is 0 Å². The normalized spacial score (nSPS) is 9.94. The molecule has 0 unspecified atom stereocenters. The lowest BCUT2D eigenvalue weighted by molar-refractivity contribution is -0.121. The van der Waals surface area contributed by atoms with Gasteiger partial charge in [-0.05, 0) is 19.1 Å². The molecule has 100 valence electrons. The molecule has 5 nitrogen and oxygen atoms in total. The number of benzene rings is 1. The van der Waals surface area contributed by atoms with Gasteiger partial charge in [0.1, 0.15) is 11.5 Å². The Morgan fingerprint density at radius 3 is 2.83 bits per heavy atom. The number of nitrogens with one attached hydrogen (secondary N) is 1. The quantitative estimate of drug-likeness (QED) is 0.763. The van der Waals surface area contributed by atoms with Crippen molar-refractivity contribution in [3.8, 4) is 11.5 Å². The van der Waals surface area contributed by atoms with Crippen LogP contribution in [0, 0.1) is 0 Å². The summed E-state index contributed by atoms with van der Waals surface area (Å²) in [6.45, 7) is 2.64. The third kappa shape index (κ3) is 4.25. The Bertz CT molecular complexity index is 393. The summed E-state index contributed by atoms with van der Waals surface area (Å²) in [4.78, 5) is 11.2. The van der Waals surface area contributed by atoms with E-state index in [9.17, 15) is 9.90 Å². The summed E-state index contributed by atoms with van der Waals surface area (Å²) >= 11 is 0. The molecule has 1 rings (SSSR count). The van der Waals surface area contributed by atoms with Gasteiger partial charge in [-0.25, -0.2) is 0 Å². The molecule has 18 heavy (non-hydrogen) atoms. The van der Waals surface area contributed by atoms with Gasteiger partial charge in [0.15, 0.2) is 0 Å². The molecule has 2 N–H and O–H groups in total. The van der Waals surface area contributed by atoms with E-state index in [1.165, 1.54) is 0 Å². The summed E-state index contributed by atoms with van der Waals surface area (Å²) in [5, 5.41) is 11.9. The van der Waals surface area contributed by atoms with E-state index in [1.54, 1.807) is 25.3 Å². The van der Waals surface area contributed by atoms with Crippen LogP contribution in [-0.4, -0.2) is 31.3 Å². The Labute approximate surface area is 107 Å². The van der Waals surface area contributed by atoms with Crippen LogP contribution in [-0.2, 0) is 11.4 Å². The third-order valence-corrected chi connectivity index (χ3v) is 2.41. The van der Waals surface area contributed by atoms with E-state index in [4.69, 9.17) is 9.47 Å². The van der Waals surface area contributed by atoms with Gasteiger partial charge in [0.2, 0.25) is 5.91 Å². The zero-order valence-electron chi connectivity index (χ0n) is 10.7. The third-order valence-electron chi connectivity index (χ3n) is 2.41. The van der Waals surface area contributed by atoms with Crippen LogP contribution >= 0.6 is 0 Å². The molecule has 0 saturated heterocycles. The summed E-state index contributed by atoms with van der Waals surface area (Å²) in [6.07, 6.45) is 0.288. The van der Waals surface area contributed by atoms with Gasteiger partial charge in [0.25, 0.3) is 0 Å². The average molecular weight is 253 g/mol. The highest BCUT2D eigenvalue weighted by Crippen LogP contribution is 2.24. The van der Waals surface area contributed by atoms with Gasteiger partial charge in [-0.15, -0.1) is 0 Å². The Kier molecular flexibility index (Phi) is 6.00. The van der Waals surface area contributed by atoms with Gasteiger partial charge < -0.3 is 19.9 Å². The first kappa shape index (κ1) is 14.3. The second kappa shape index (κ2) is 7.55. The first-order valence-electron chi connectivity index (χ1n) is 5.88. The van der Waals surface area contributed by atoms with Crippen molar-refractivity contribution in [3.63, 3.8) is 0 Å². The monoisotopic (exact) mass is 253 g/mol. The van der Waals surface area contributed by atoms with E-state index >= 15 is 0 Å². The second-order valence-corrected chi connectivity index (χ2v) is 3.68. The number of amides is 1. The molecule has 1 amide bonds. The first-order chi connectivity index (χ1) is 8.71. The highest BCUT2D eigenvalue weighted by molar-refractivity contribution is 5.75. The van der Waals surface area contributed by atoms with Crippen molar-refractivity contribution < 1.29 is 19.4 Å². The molecular weight excluding hydrogens is 234 g/mol. The predicted octanol–water partition coefficient (Wildman–Crippen LogP) is 1.09. The number of hydrogen-bond donors (Lipinski definition) is 2. The van der Waals surface area contributed by atoms with Crippen molar-refractivity contribution in [2.75, 3.05) is 20.3 Å². The number of aliphatic hydroxyl groups excluding tert-OH is 1. The fourth-order valence-electron chi connectivity index (χ4n) is 1.47. The van der Waals surface area contributed by atoms with Gasteiger partial charge >= 0.3 is 0 Å². The van der Waals surface area contributed by atoms with Crippen molar-refractivity contribution in [2.24, 2.45) is 0 Å².